The van der Waals surface area contributed by atoms with E-state index in [1.165, 1.54) is 5.56 Å². The fourth-order valence-electron chi connectivity index (χ4n) is 3.13. The van der Waals surface area contributed by atoms with Gasteiger partial charge in [-0.05, 0) is 49.1 Å². The van der Waals surface area contributed by atoms with Crippen molar-refractivity contribution in [2.24, 2.45) is 0 Å². The topological polar surface area (TPSA) is 50.4 Å². The third-order valence-corrected chi connectivity index (χ3v) is 4.45. The molecule has 0 spiro atoms. The highest BCUT2D eigenvalue weighted by atomic mass is 16.5. The second kappa shape index (κ2) is 9.35. The molecule has 1 amide bonds. The molecule has 1 heterocycles. The Labute approximate surface area is 149 Å². The van der Waals surface area contributed by atoms with Crippen LogP contribution in [0.5, 0.6) is 0 Å². The molecule has 3 rings (SSSR count). The second-order valence-electron chi connectivity index (χ2n) is 6.53. The summed E-state index contributed by atoms with van der Waals surface area (Å²) in [5.74, 6) is 0.0709. The van der Waals surface area contributed by atoms with Gasteiger partial charge < -0.3 is 15.4 Å². The highest BCUT2D eigenvalue weighted by Crippen LogP contribution is 2.14. The van der Waals surface area contributed by atoms with E-state index in [1.807, 2.05) is 42.5 Å². The summed E-state index contributed by atoms with van der Waals surface area (Å²) in [7, 11) is 0. The van der Waals surface area contributed by atoms with Crippen LogP contribution < -0.4 is 10.6 Å². The fraction of sp³-hybridized carbons (Fsp3) is 0.381. The van der Waals surface area contributed by atoms with E-state index in [9.17, 15) is 4.79 Å². The number of anilines is 1. The van der Waals surface area contributed by atoms with Crippen LogP contribution in [0.25, 0.3) is 0 Å². The average Bonchev–Trinajstić information content (AvgIpc) is 3.13. The van der Waals surface area contributed by atoms with Crippen molar-refractivity contribution in [3.8, 4) is 0 Å². The van der Waals surface area contributed by atoms with E-state index in [1.54, 1.807) is 0 Å². The van der Waals surface area contributed by atoms with Gasteiger partial charge in [0.25, 0.3) is 0 Å². The van der Waals surface area contributed by atoms with Gasteiger partial charge in [-0.25, -0.2) is 0 Å². The van der Waals surface area contributed by atoms with E-state index in [2.05, 4.69) is 22.8 Å². The van der Waals surface area contributed by atoms with Gasteiger partial charge in [-0.3, -0.25) is 4.79 Å². The van der Waals surface area contributed by atoms with E-state index >= 15 is 0 Å². The fourth-order valence-corrected chi connectivity index (χ4v) is 3.13. The molecule has 4 heteroatoms. The second-order valence-corrected chi connectivity index (χ2v) is 6.53. The monoisotopic (exact) mass is 338 g/mol. The minimum absolute atomic E-state index is 0.0709. The van der Waals surface area contributed by atoms with Gasteiger partial charge in [0.2, 0.25) is 5.91 Å². The standard InChI is InChI=1S/C21H26N2O2/c24-21(15-19-10-5-12-22-19)23-20-9-4-8-18(14-20)16-25-13-11-17-6-2-1-3-7-17/h1-4,6-9,14,19,22H,5,10-13,15-16H2,(H,23,24). The average molecular weight is 338 g/mol. The molecule has 2 aromatic carbocycles. The zero-order valence-corrected chi connectivity index (χ0v) is 14.5. The molecule has 25 heavy (non-hydrogen) atoms. The van der Waals surface area contributed by atoms with Gasteiger partial charge in [-0.15, -0.1) is 0 Å². The molecule has 0 aliphatic carbocycles. The van der Waals surface area contributed by atoms with E-state index in [0.29, 0.717) is 25.7 Å². The lowest BCUT2D eigenvalue weighted by Crippen LogP contribution is -2.27. The predicted octanol–water partition coefficient (Wildman–Crippen LogP) is 3.53. The first-order valence-electron chi connectivity index (χ1n) is 9.03. The minimum atomic E-state index is 0.0709. The molecule has 1 atom stereocenters. The van der Waals surface area contributed by atoms with Crippen molar-refractivity contribution in [1.82, 2.24) is 5.32 Å². The van der Waals surface area contributed by atoms with Crippen molar-refractivity contribution < 1.29 is 9.53 Å². The maximum atomic E-state index is 12.1. The van der Waals surface area contributed by atoms with E-state index in [-0.39, 0.29) is 5.91 Å². The summed E-state index contributed by atoms with van der Waals surface area (Å²) in [6, 6.07) is 18.5. The number of carbonyl (C=O) groups excluding carboxylic acids is 1. The van der Waals surface area contributed by atoms with Crippen LogP contribution in [-0.4, -0.2) is 25.1 Å². The van der Waals surface area contributed by atoms with Crippen molar-refractivity contribution in [3.63, 3.8) is 0 Å². The molecular formula is C21H26N2O2. The molecule has 1 aliphatic heterocycles. The Balaban J connectivity index is 1.42. The van der Waals surface area contributed by atoms with Crippen LogP contribution in [0.4, 0.5) is 5.69 Å². The highest BCUT2D eigenvalue weighted by molar-refractivity contribution is 5.91. The summed E-state index contributed by atoms with van der Waals surface area (Å²) in [5, 5.41) is 6.34. The van der Waals surface area contributed by atoms with E-state index in [0.717, 1.165) is 37.1 Å². The zero-order valence-electron chi connectivity index (χ0n) is 14.5. The number of carbonyl (C=O) groups is 1. The quantitative estimate of drug-likeness (QED) is 0.724. The van der Waals surface area contributed by atoms with Crippen LogP contribution in [0.15, 0.2) is 54.6 Å². The van der Waals surface area contributed by atoms with Gasteiger partial charge in [-0.1, -0.05) is 42.5 Å². The molecular weight excluding hydrogens is 312 g/mol. The normalized spacial score (nSPS) is 16.7. The Bertz CT molecular complexity index is 667. The lowest BCUT2D eigenvalue weighted by atomic mass is 10.1. The zero-order chi connectivity index (χ0) is 17.3. The number of hydrogen-bond acceptors (Lipinski definition) is 3. The van der Waals surface area contributed by atoms with Crippen molar-refractivity contribution in [1.29, 1.82) is 0 Å². The molecule has 2 N–H and O–H groups in total. The summed E-state index contributed by atoms with van der Waals surface area (Å²) in [6.45, 7) is 2.27. The first kappa shape index (κ1) is 17.6. The number of amides is 1. The van der Waals surface area contributed by atoms with Gasteiger partial charge >= 0.3 is 0 Å². The number of nitrogens with one attached hydrogen (secondary N) is 2. The smallest absolute Gasteiger partial charge is 0.225 e. The van der Waals surface area contributed by atoms with Crippen molar-refractivity contribution in [3.05, 3.63) is 65.7 Å². The molecule has 0 bridgehead atoms. The van der Waals surface area contributed by atoms with Gasteiger partial charge in [0, 0.05) is 18.2 Å². The number of hydrogen-bond donors (Lipinski definition) is 2. The Morgan fingerprint density at radius 2 is 1.96 bits per heavy atom. The lowest BCUT2D eigenvalue weighted by Gasteiger charge is -2.11. The minimum Gasteiger partial charge on any atom is -0.376 e. The van der Waals surface area contributed by atoms with E-state index < -0.39 is 0 Å². The largest absolute Gasteiger partial charge is 0.376 e. The van der Waals surface area contributed by atoms with Crippen molar-refractivity contribution in [2.75, 3.05) is 18.5 Å². The summed E-state index contributed by atoms with van der Waals surface area (Å²) in [5.41, 5.74) is 3.20. The number of ether oxygens (including phenoxy) is 1. The molecule has 0 aromatic heterocycles. The maximum Gasteiger partial charge on any atom is 0.225 e. The highest BCUT2D eigenvalue weighted by Gasteiger charge is 2.17. The summed E-state index contributed by atoms with van der Waals surface area (Å²) in [4.78, 5) is 12.1. The predicted molar refractivity (Wildman–Crippen MR) is 101 cm³/mol. The first-order chi connectivity index (χ1) is 12.3. The Morgan fingerprint density at radius 1 is 1.12 bits per heavy atom. The Kier molecular flexibility index (Phi) is 6.60. The van der Waals surface area contributed by atoms with Crippen LogP contribution >= 0.6 is 0 Å². The Hall–Kier alpha value is -2.17. The number of benzene rings is 2. The van der Waals surface area contributed by atoms with Gasteiger partial charge in [0.1, 0.15) is 0 Å². The first-order valence-corrected chi connectivity index (χ1v) is 9.03. The number of rotatable bonds is 8. The van der Waals surface area contributed by atoms with Crippen LogP contribution in [0, 0.1) is 0 Å². The molecule has 1 unspecified atom stereocenters. The van der Waals surface area contributed by atoms with Crippen LogP contribution in [-0.2, 0) is 22.6 Å². The maximum absolute atomic E-state index is 12.1. The molecule has 1 fully saturated rings. The summed E-state index contributed by atoms with van der Waals surface area (Å²) < 4.78 is 5.77. The molecule has 2 aromatic rings. The molecule has 0 saturated carbocycles. The van der Waals surface area contributed by atoms with Crippen molar-refractivity contribution in [2.45, 2.75) is 38.3 Å². The van der Waals surface area contributed by atoms with Crippen molar-refractivity contribution >= 4 is 11.6 Å². The Morgan fingerprint density at radius 3 is 2.76 bits per heavy atom. The molecule has 1 aliphatic rings. The molecule has 0 radical (unpaired) electrons. The summed E-state index contributed by atoms with van der Waals surface area (Å²) >= 11 is 0. The van der Waals surface area contributed by atoms with Gasteiger partial charge in [0.15, 0.2) is 0 Å². The summed E-state index contributed by atoms with van der Waals surface area (Å²) in [6.07, 6.45) is 3.69. The molecule has 132 valence electrons. The van der Waals surface area contributed by atoms with Gasteiger partial charge in [0.05, 0.1) is 13.2 Å². The van der Waals surface area contributed by atoms with Crippen LogP contribution in [0.3, 0.4) is 0 Å². The third-order valence-electron chi connectivity index (χ3n) is 4.45. The van der Waals surface area contributed by atoms with Crippen LogP contribution in [0.2, 0.25) is 0 Å². The SMILES string of the molecule is O=C(CC1CCCN1)Nc1cccc(COCCc2ccccc2)c1. The third kappa shape index (κ3) is 6.00. The molecule has 1 saturated heterocycles. The lowest BCUT2D eigenvalue weighted by molar-refractivity contribution is -0.116. The van der Waals surface area contributed by atoms with Crippen LogP contribution in [0.1, 0.15) is 30.4 Å². The molecule has 4 nitrogen and oxygen atoms in total. The van der Waals surface area contributed by atoms with Gasteiger partial charge in [-0.2, -0.15) is 0 Å². The van der Waals surface area contributed by atoms with E-state index in [4.69, 9.17) is 4.74 Å².